The van der Waals surface area contributed by atoms with E-state index in [1.54, 1.807) is 20.8 Å². The predicted molar refractivity (Wildman–Crippen MR) is 116 cm³/mol. The number of nitrogens with two attached hydrogens (primary N) is 1. The highest BCUT2D eigenvalue weighted by atomic mass is 19.4. The fourth-order valence-corrected chi connectivity index (χ4v) is 2.82. The number of alkyl halides is 3. The Morgan fingerprint density at radius 1 is 1.06 bits per heavy atom. The van der Waals surface area contributed by atoms with Gasteiger partial charge in [0.1, 0.15) is 17.8 Å². The van der Waals surface area contributed by atoms with Gasteiger partial charge in [-0.1, -0.05) is 26.0 Å². The molecule has 188 valence electrons. The van der Waals surface area contributed by atoms with Crippen molar-refractivity contribution in [3.05, 3.63) is 29.8 Å². The molecule has 1 aromatic rings. The van der Waals surface area contributed by atoms with Crippen LogP contribution in [0.3, 0.4) is 0 Å². The normalized spacial score (nSPS) is 16.0. The number of aliphatic hydroxyl groups is 1. The number of halogens is 3. The SMILES string of the molecule is COc1ccc([C@H](NC(=O)[C@@H](N)COC(C)(C)C)C(=O)N[C@@H](C(C)C)[C@H](O)C(F)(F)F)cc1. The summed E-state index contributed by atoms with van der Waals surface area (Å²) in [6.45, 7) is 8.07. The summed E-state index contributed by atoms with van der Waals surface area (Å²) in [6.07, 6.45) is -7.72. The maximum absolute atomic E-state index is 13.1. The summed E-state index contributed by atoms with van der Waals surface area (Å²) in [7, 11) is 1.45. The molecule has 0 heterocycles. The number of aliphatic hydroxyl groups excluding tert-OH is 1. The molecule has 1 rings (SSSR count). The number of carbonyl (C=O) groups excluding carboxylic acids is 2. The van der Waals surface area contributed by atoms with Crippen molar-refractivity contribution < 1.29 is 37.3 Å². The molecule has 4 atom stereocenters. The highest BCUT2D eigenvalue weighted by Crippen LogP contribution is 2.26. The van der Waals surface area contributed by atoms with Crippen molar-refractivity contribution in [3.63, 3.8) is 0 Å². The summed E-state index contributed by atoms with van der Waals surface area (Å²) in [5, 5.41) is 14.4. The summed E-state index contributed by atoms with van der Waals surface area (Å²) in [5.41, 5.74) is 5.61. The van der Waals surface area contributed by atoms with Gasteiger partial charge in [0.2, 0.25) is 11.8 Å². The molecule has 2 amide bonds. The number of rotatable bonds is 10. The van der Waals surface area contributed by atoms with Crippen molar-refractivity contribution >= 4 is 11.8 Å². The minimum atomic E-state index is -4.94. The Kier molecular flexibility index (Phi) is 10.1. The minimum absolute atomic E-state index is 0.131. The van der Waals surface area contributed by atoms with Gasteiger partial charge in [-0.05, 0) is 44.4 Å². The molecule has 1 aromatic carbocycles. The molecule has 0 aliphatic heterocycles. The average Bonchev–Trinajstić information content (AvgIpc) is 2.71. The Bertz CT molecular complexity index is 779. The Morgan fingerprint density at radius 3 is 2.03 bits per heavy atom. The number of ether oxygens (including phenoxy) is 2. The molecule has 11 heteroatoms. The Morgan fingerprint density at radius 2 is 1.61 bits per heavy atom. The lowest BCUT2D eigenvalue weighted by atomic mass is 9.96. The van der Waals surface area contributed by atoms with Crippen LogP contribution in [0.15, 0.2) is 24.3 Å². The van der Waals surface area contributed by atoms with E-state index in [1.165, 1.54) is 45.2 Å². The van der Waals surface area contributed by atoms with Gasteiger partial charge in [0, 0.05) is 0 Å². The van der Waals surface area contributed by atoms with Gasteiger partial charge < -0.3 is 30.9 Å². The quantitative estimate of drug-likeness (QED) is 0.409. The maximum Gasteiger partial charge on any atom is 0.416 e. The van der Waals surface area contributed by atoms with E-state index in [-0.39, 0.29) is 12.2 Å². The number of hydrogen-bond donors (Lipinski definition) is 4. The van der Waals surface area contributed by atoms with Gasteiger partial charge in [-0.2, -0.15) is 13.2 Å². The first-order valence-electron chi connectivity index (χ1n) is 10.5. The smallest absolute Gasteiger partial charge is 0.416 e. The zero-order valence-corrected chi connectivity index (χ0v) is 19.7. The third kappa shape index (κ3) is 9.18. The molecule has 0 saturated carbocycles. The molecule has 0 saturated heterocycles. The Labute approximate surface area is 192 Å². The average molecular weight is 478 g/mol. The maximum atomic E-state index is 13.1. The number of methoxy groups -OCH3 is 1. The van der Waals surface area contributed by atoms with Crippen LogP contribution in [0.2, 0.25) is 0 Å². The molecule has 0 aliphatic rings. The van der Waals surface area contributed by atoms with Gasteiger partial charge in [-0.3, -0.25) is 9.59 Å². The Balaban J connectivity index is 3.15. The van der Waals surface area contributed by atoms with Crippen LogP contribution in [0.1, 0.15) is 46.2 Å². The zero-order valence-electron chi connectivity index (χ0n) is 19.7. The number of hydrogen-bond acceptors (Lipinski definition) is 6. The number of carbonyl (C=O) groups is 2. The lowest BCUT2D eigenvalue weighted by Gasteiger charge is -2.31. The monoisotopic (exact) mass is 477 g/mol. The van der Waals surface area contributed by atoms with Crippen LogP contribution in [0.5, 0.6) is 5.75 Å². The molecule has 0 radical (unpaired) electrons. The molecule has 33 heavy (non-hydrogen) atoms. The molecule has 8 nitrogen and oxygen atoms in total. The van der Waals surface area contributed by atoms with Crippen LogP contribution in [0.25, 0.3) is 0 Å². The summed E-state index contributed by atoms with van der Waals surface area (Å²) in [6, 6.07) is 1.93. The summed E-state index contributed by atoms with van der Waals surface area (Å²) in [5.74, 6) is -1.93. The van der Waals surface area contributed by atoms with Crippen molar-refractivity contribution in [2.75, 3.05) is 13.7 Å². The zero-order chi connectivity index (χ0) is 25.6. The molecule has 0 unspecified atom stereocenters. The van der Waals surface area contributed by atoms with Crippen LogP contribution in [0.4, 0.5) is 13.2 Å². The first-order chi connectivity index (χ1) is 15.1. The van der Waals surface area contributed by atoms with Crippen LogP contribution in [0, 0.1) is 5.92 Å². The fourth-order valence-electron chi connectivity index (χ4n) is 2.82. The lowest BCUT2D eigenvalue weighted by molar-refractivity contribution is -0.215. The van der Waals surface area contributed by atoms with Crippen molar-refractivity contribution in [2.24, 2.45) is 11.7 Å². The van der Waals surface area contributed by atoms with E-state index in [4.69, 9.17) is 15.2 Å². The summed E-state index contributed by atoms with van der Waals surface area (Å²) in [4.78, 5) is 25.6. The number of nitrogens with one attached hydrogen (secondary N) is 2. The van der Waals surface area contributed by atoms with Crippen molar-refractivity contribution in [1.82, 2.24) is 10.6 Å². The summed E-state index contributed by atoms with van der Waals surface area (Å²) >= 11 is 0. The molecular weight excluding hydrogens is 443 g/mol. The van der Waals surface area contributed by atoms with Crippen LogP contribution in [-0.4, -0.2) is 60.6 Å². The van der Waals surface area contributed by atoms with E-state index in [1.807, 2.05) is 0 Å². The second kappa shape index (κ2) is 11.7. The van der Waals surface area contributed by atoms with Crippen LogP contribution < -0.4 is 21.1 Å². The van der Waals surface area contributed by atoms with E-state index in [9.17, 15) is 27.9 Å². The van der Waals surface area contributed by atoms with Crippen LogP contribution >= 0.6 is 0 Å². The molecule has 5 N–H and O–H groups in total. The van der Waals surface area contributed by atoms with Gasteiger partial charge in [-0.25, -0.2) is 0 Å². The molecule has 0 aliphatic carbocycles. The number of amides is 2. The topological polar surface area (TPSA) is 123 Å². The predicted octanol–water partition coefficient (Wildman–Crippen LogP) is 2.06. The molecule has 0 spiro atoms. The molecule has 0 bridgehead atoms. The standard InChI is InChI=1S/C22H34F3N3O5/c1-12(2)16(18(29)22(23,24)25)27-20(31)17(13-7-9-14(32-6)10-8-13)28-19(30)15(26)11-33-21(3,4)5/h7-10,12,15-18,29H,11,26H2,1-6H3,(H,27,31)(H,28,30)/t15-,16-,17-,18-/m0/s1. The van der Waals surface area contributed by atoms with Gasteiger partial charge in [0.05, 0.1) is 25.4 Å². The second-order valence-electron chi connectivity index (χ2n) is 9.01. The first-order valence-corrected chi connectivity index (χ1v) is 10.5. The number of benzene rings is 1. The third-order valence-corrected chi connectivity index (χ3v) is 4.73. The summed E-state index contributed by atoms with van der Waals surface area (Å²) < 4.78 is 49.9. The minimum Gasteiger partial charge on any atom is -0.497 e. The van der Waals surface area contributed by atoms with Gasteiger partial charge in [0.25, 0.3) is 0 Å². The highest BCUT2D eigenvalue weighted by Gasteiger charge is 2.45. The van der Waals surface area contributed by atoms with E-state index >= 15 is 0 Å². The Hall–Kier alpha value is -2.37. The van der Waals surface area contributed by atoms with Gasteiger partial charge in [0.15, 0.2) is 6.10 Å². The second-order valence-corrected chi connectivity index (χ2v) is 9.01. The van der Waals surface area contributed by atoms with Crippen molar-refractivity contribution in [3.8, 4) is 5.75 Å². The first kappa shape index (κ1) is 28.7. The van der Waals surface area contributed by atoms with Crippen LogP contribution in [-0.2, 0) is 14.3 Å². The van der Waals surface area contributed by atoms with E-state index in [0.29, 0.717) is 5.75 Å². The molecule has 0 aromatic heterocycles. The lowest BCUT2D eigenvalue weighted by Crippen LogP contribution is -2.56. The molecular formula is C22H34F3N3O5. The largest absolute Gasteiger partial charge is 0.497 e. The van der Waals surface area contributed by atoms with Crippen molar-refractivity contribution in [2.45, 2.75) is 70.6 Å². The van der Waals surface area contributed by atoms with E-state index < -0.39 is 53.7 Å². The highest BCUT2D eigenvalue weighted by molar-refractivity contribution is 5.90. The van der Waals surface area contributed by atoms with Gasteiger partial charge >= 0.3 is 6.18 Å². The third-order valence-electron chi connectivity index (χ3n) is 4.73. The van der Waals surface area contributed by atoms with Gasteiger partial charge in [-0.15, -0.1) is 0 Å². The van der Waals surface area contributed by atoms with E-state index in [2.05, 4.69) is 10.6 Å². The van der Waals surface area contributed by atoms with E-state index in [0.717, 1.165) is 0 Å². The fraction of sp³-hybridized carbons (Fsp3) is 0.636. The molecule has 0 fully saturated rings. The van der Waals surface area contributed by atoms with Crippen molar-refractivity contribution in [1.29, 1.82) is 0 Å².